The molecule has 12 heteroatoms. The van der Waals surface area contributed by atoms with E-state index in [-0.39, 0.29) is 62.1 Å². The van der Waals surface area contributed by atoms with E-state index in [9.17, 15) is 14.4 Å². The molecule has 4 rings (SSSR count). The number of amides is 2. The molecule has 3 heterocycles. The van der Waals surface area contributed by atoms with Crippen LogP contribution in [0, 0.1) is 11.6 Å². The summed E-state index contributed by atoms with van der Waals surface area (Å²) in [4.78, 5) is 38.5. The Labute approximate surface area is 194 Å². The van der Waals surface area contributed by atoms with Crippen LogP contribution in [0.4, 0.5) is 25.0 Å². The smallest absolute Gasteiger partial charge is 0.414 e. The molecule has 2 fully saturated rings. The molecule has 1 aromatic heterocycles. The third-order valence-electron chi connectivity index (χ3n) is 5.72. The Balaban J connectivity index is 1.42. The lowest BCUT2D eigenvalue weighted by Crippen LogP contribution is -2.44. The maximum atomic E-state index is 15.0. The van der Waals surface area contributed by atoms with Crippen molar-refractivity contribution in [3.8, 4) is 0 Å². The number of hydrazine groups is 1. The van der Waals surface area contributed by atoms with E-state index in [4.69, 9.17) is 9.26 Å². The normalized spacial score (nSPS) is 18.7. The first-order chi connectivity index (χ1) is 16.3. The largest absolute Gasteiger partial charge is 0.444 e. The van der Waals surface area contributed by atoms with E-state index in [1.807, 2.05) is 0 Å². The maximum absolute atomic E-state index is 15.0. The van der Waals surface area contributed by atoms with Crippen molar-refractivity contribution in [3.63, 3.8) is 0 Å². The van der Waals surface area contributed by atoms with Crippen LogP contribution < -0.4 is 15.2 Å². The molecule has 10 nitrogen and oxygen atoms in total. The van der Waals surface area contributed by atoms with Gasteiger partial charge in [0.15, 0.2) is 11.6 Å². The number of nitrogens with one attached hydrogen (secondary N) is 1. The van der Waals surface area contributed by atoms with Gasteiger partial charge in [0.2, 0.25) is 5.91 Å². The average Bonchev–Trinajstić information content (AvgIpc) is 3.35. The van der Waals surface area contributed by atoms with Gasteiger partial charge < -0.3 is 19.0 Å². The second kappa shape index (κ2) is 10.2. The first-order valence-electron chi connectivity index (χ1n) is 11.0. The highest BCUT2D eigenvalue weighted by Gasteiger charge is 2.34. The highest BCUT2D eigenvalue weighted by molar-refractivity contribution is 5.90. The quantitative estimate of drug-likeness (QED) is 0.646. The van der Waals surface area contributed by atoms with Crippen molar-refractivity contribution in [1.29, 1.82) is 0 Å². The van der Waals surface area contributed by atoms with Crippen LogP contribution in [0.2, 0.25) is 0 Å². The second-order valence-electron chi connectivity index (χ2n) is 8.22. The SMILES string of the molecule is CC(=O)CC[C@H]1CN(c2cc(F)c(N3CCNN(C(=O)Cc4ccon4)CC3)c(F)c2)C(=O)O1. The van der Waals surface area contributed by atoms with Crippen molar-refractivity contribution in [2.45, 2.75) is 32.3 Å². The molecule has 1 atom stereocenters. The van der Waals surface area contributed by atoms with Crippen molar-refractivity contribution < 1.29 is 32.4 Å². The number of rotatable bonds is 7. The van der Waals surface area contributed by atoms with Crippen LogP contribution in [-0.2, 0) is 20.7 Å². The van der Waals surface area contributed by atoms with Gasteiger partial charge in [0.25, 0.3) is 0 Å². The van der Waals surface area contributed by atoms with E-state index >= 15 is 8.78 Å². The number of hydrogen-bond acceptors (Lipinski definition) is 8. The molecular weight excluding hydrogens is 452 g/mol. The standard InChI is InChI=1S/C22H25F2N5O5/c1-14(30)2-3-17-13-28(22(32)34-17)16-11-18(23)21(19(24)12-16)27-6-5-25-29(8-7-27)20(31)10-15-4-9-33-26-15/h4,9,11-12,17,25H,2-3,5-8,10,13H2,1H3/t17-/m0/s1. The topological polar surface area (TPSA) is 108 Å². The van der Waals surface area contributed by atoms with Gasteiger partial charge in [-0.15, -0.1) is 0 Å². The molecule has 2 aromatic rings. The van der Waals surface area contributed by atoms with Crippen LogP contribution in [-0.4, -0.2) is 66.8 Å². The van der Waals surface area contributed by atoms with Gasteiger partial charge in [-0.25, -0.2) is 19.0 Å². The number of benzene rings is 1. The minimum absolute atomic E-state index is 0.0266. The number of anilines is 2. The molecule has 2 saturated heterocycles. The number of cyclic esters (lactones) is 1. The molecular formula is C22H25F2N5O5. The first-order valence-corrected chi connectivity index (χ1v) is 11.0. The lowest BCUT2D eigenvalue weighted by Gasteiger charge is -2.25. The van der Waals surface area contributed by atoms with E-state index in [0.29, 0.717) is 18.7 Å². The lowest BCUT2D eigenvalue weighted by atomic mass is 10.1. The van der Waals surface area contributed by atoms with Gasteiger partial charge in [-0.1, -0.05) is 5.16 Å². The third-order valence-corrected chi connectivity index (χ3v) is 5.72. The summed E-state index contributed by atoms with van der Waals surface area (Å²) in [5.74, 6) is -1.91. The van der Waals surface area contributed by atoms with Crippen LogP contribution in [0.5, 0.6) is 0 Å². The van der Waals surface area contributed by atoms with Crippen LogP contribution in [0.3, 0.4) is 0 Å². The minimum atomic E-state index is -0.822. The van der Waals surface area contributed by atoms with Gasteiger partial charge in [-0.05, 0) is 13.3 Å². The molecule has 0 unspecified atom stereocenters. The highest BCUT2D eigenvalue weighted by atomic mass is 19.1. The van der Waals surface area contributed by atoms with Crippen molar-refractivity contribution >= 4 is 29.2 Å². The third kappa shape index (κ3) is 5.33. The molecule has 0 radical (unpaired) electrons. The molecule has 2 amide bonds. The fourth-order valence-electron chi connectivity index (χ4n) is 4.00. The molecule has 1 aromatic carbocycles. The van der Waals surface area contributed by atoms with Crippen molar-refractivity contribution in [2.24, 2.45) is 0 Å². The Kier molecular flexibility index (Phi) is 7.06. The Morgan fingerprint density at radius 2 is 1.97 bits per heavy atom. The van der Waals surface area contributed by atoms with Crippen LogP contribution in [0.15, 0.2) is 29.0 Å². The zero-order valence-corrected chi connectivity index (χ0v) is 18.6. The molecule has 1 N–H and O–H groups in total. The van der Waals surface area contributed by atoms with Crippen molar-refractivity contribution in [3.05, 3.63) is 41.8 Å². The van der Waals surface area contributed by atoms with Gasteiger partial charge in [-0.2, -0.15) is 0 Å². The summed E-state index contributed by atoms with van der Waals surface area (Å²) >= 11 is 0. The number of ether oxygens (including phenoxy) is 1. The highest BCUT2D eigenvalue weighted by Crippen LogP contribution is 2.31. The Bertz CT molecular complexity index is 1040. The average molecular weight is 477 g/mol. The summed E-state index contributed by atoms with van der Waals surface area (Å²) in [6, 6.07) is 3.79. The van der Waals surface area contributed by atoms with Crippen molar-refractivity contribution in [2.75, 3.05) is 42.5 Å². The molecule has 182 valence electrons. The Hall–Kier alpha value is -3.54. The van der Waals surface area contributed by atoms with Gasteiger partial charge in [-0.3, -0.25) is 14.7 Å². The van der Waals surface area contributed by atoms with E-state index in [0.717, 1.165) is 17.0 Å². The van der Waals surface area contributed by atoms with Crippen LogP contribution in [0.25, 0.3) is 0 Å². The summed E-state index contributed by atoms with van der Waals surface area (Å²) in [5.41, 5.74) is 3.28. The van der Waals surface area contributed by atoms with E-state index < -0.39 is 23.8 Å². The summed E-state index contributed by atoms with van der Waals surface area (Å²) in [6.45, 7) is 2.52. The zero-order chi connectivity index (χ0) is 24.2. The summed E-state index contributed by atoms with van der Waals surface area (Å²) in [7, 11) is 0. The number of hydrogen-bond donors (Lipinski definition) is 1. The first kappa shape index (κ1) is 23.6. The molecule has 34 heavy (non-hydrogen) atoms. The molecule has 0 aliphatic carbocycles. The molecule has 0 saturated carbocycles. The predicted molar refractivity (Wildman–Crippen MR) is 116 cm³/mol. The number of Topliss-reactive ketones (excluding diaryl/α,β-unsaturated/α-hetero) is 1. The van der Waals surface area contributed by atoms with Gasteiger partial charge >= 0.3 is 6.09 Å². The number of halogens is 2. The fraction of sp³-hybridized carbons (Fsp3) is 0.455. The number of carbonyl (C=O) groups excluding carboxylic acids is 3. The molecule has 2 aliphatic heterocycles. The lowest BCUT2D eigenvalue weighted by molar-refractivity contribution is -0.133. The van der Waals surface area contributed by atoms with Crippen LogP contribution >= 0.6 is 0 Å². The second-order valence-corrected chi connectivity index (χ2v) is 8.22. The van der Waals surface area contributed by atoms with Gasteiger partial charge in [0.05, 0.1) is 30.9 Å². The number of ketones is 1. The summed E-state index contributed by atoms with van der Waals surface area (Å²) < 4.78 is 40.0. The predicted octanol–water partition coefficient (Wildman–Crippen LogP) is 2.04. The monoisotopic (exact) mass is 477 g/mol. The van der Waals surface area contributed by atoms with Gasteiger partial charge in [0.1, 0.15) is 23.8 Å². The fourth-order valence-corrected chi connectivity index (χ4v) is 4.00. The number of aromatic nitrogens is 1. The maximum Gasteiger partial charge on any atom is 0.414 e. The Morgan fingerprint density at radius 1 is 1.21 bits per heavy atom. The number of carbonyl (C=O) groups is 3. The van der Waals surface area contributed by atoms with Gasteiger partial charge in [0, 0.05) is 44.3 Å². The molecule has 2 aliphatic rings. The Morgan fingerprint density at radius 3 is 2.65 bits per heavy atom. The van der Waals surface area contributed by atoms with Crippen molar-refractivity contribution in [1.82, 2.24) is 15.6 Å². The van der Waals surface area contributed by atoms with E-state index in [1.165, 1.54) is 23.1 Å². The summed E-state index contributed by atoms with van der Waals surface area (Å²) in [5, 5.41) is 5.12. The minimum Gasteiger partial charge on any atom is -0.444 e. The number of nitrogens with zero attached hydrogens (tertiary/aromatic N) is 4. The van der Waals surface area contributed by atoms with E-state index in [1.54, 1.807) is 6.07 Å². The molecule has 0 bridgehead atoms. The van der Waals surface area contributed by atoms with Crippen LogP contribution in [0.1, 0.15) is 25.5 Å². The zero-order valence-electron chi connectivity index (χ0n) is 18.6. The summed E-state index contributed by atoms with van der Waals surface area (Å²) in [6.07, 6.45) is 0.811. The van der Waals surface area contributed by atoms with E-state index in [2.05, 4.69) is 10.6 Å². The molecule has 0 spiro atoms.